The summed E-state index contributed by atoms with van der Waals surface area (Å²) in [7, 11) is 1.82. The highest BCUT2D eigenvalue weighted by atomic mass is 35.5. The van der Waals surface area contributed by atoms with E-state index in [9.17, 15) is 14.7 Å². The molecule has 2 heterocycles. The Morgan fingerprint density at radius 3 is 2.61 bits per heavy atom. The molecule has 7 rings (SSSR count). The van der Waals surface area contributed by atoms with Gasteiger partial charge in [-0.05, 0) is 73.5 Å². The Hall–Kier alpha value is -3.10. The van der Waals surface area contributed by atoms with Crippen LogP contribution in [0.4, 0.5) is 0 Å². The van der Waals surface area contributed by atoms with Gasteiger partial charge in [0.15, 0.2) is 11.5 Å². The molecule has 2 fully saturated rings. The number of rotatable bonds is 7. The number of amides is 1. The number of carbonyl (C=O) groups is 2. The number of esters is 1. The summed E-state index contributed by atoms with van der Waals surface area (Å²) in [4.78, 5) is 30.0. The first kappa shape index (κ1) is 29.6. The smallest absolute Gasteiger partial charge is 0.308 e. The Bertz CT molecular complexity index is 1630. The minimum absolute atomic E-state index is 0.0668. The van der Waals surface area contributed by atoms with Gasteiger partial charge in [0.1, 0.15) is 6.10 Å². The molecule has 0 aromatic heterocycles. The molecule has 1 amide bonds. The lowest BCUT2D eigenvalue weighted by Crippen LogP contribution is -2.78. The van der Waals surface area contributed by atoms with Gasteiger partial charge in [0, 0.05) is 32.1 Å². The van der Waals surface area contributed by atoms with Crippen molar-refractivity contribution < 1.29 is 24.2 Å². The van der Waals surface area contributed by atoms with Gasteiger partial charge >= 0.3 is 5.97 Å². The summed E-state index contributed by atoms with van der Waals surface area (Å²) in [6.45, 7) is 3.02. The third-order valence-electron chi connectivity index (χ3n) is 10.5. The van der Waals surface area contributed by atoms with Gasteiger partial charge in [-0.3, -0.25) is 14.5 Å². The molecule has 1 saturated heterocycles. The molecular formula is C35H36Cl2N2O5. The van der Waals surface area contributed by atoms with Crippen LogP contribution in [0.25, 0.3) is 0 Å². The molecule has 230 valence electrons. The van der Waals surface area contributed by atoms with E-state index in [2.05, 4.69) is 29.2 Å². The van der Waals surface area contributed by atoms with Crippen LogP contribution in [-0.2, 0) is 34.3 Å². The number of piperidine rings is 1. The van der Waals surface area contributed by atoms with Crippen molar-refractivity contribution in [1.82, 2.24) is 9.80 Å². The summed E-state index contributed by atoms with van der Waals surface area (Å²) in [5.41, 5.74) is 2.32. The van der Waals surface area contributed by atoms with E-state index in [0.717, 1.165) is 36.2 Å². The Kier molecular flexibility index (Phi) is 7.44. The second-order valence-corrected chi connectivity index (χ2v) is 13.5. The van der Waals surface area contributed by atoms with Gasteiger partial charge in [0.2, 0.25) is 5.91 Å². The number of likely N-dealkylation sites (tertiary alicyclic amines) is 1. The van der Waals surface area contributed by atoms with Gasteiger partial charge in [-0.25, -0.2) is 0 Å². The van der Waals surface area contributed by atoms with Crippen LogP contribution in [0.5, 0.6) is 11.5 Å². The molecule has 2 bridgehead atoms. The highest BCUT2D eigenvalue weighted by molar-refractivity contribution is 6.42. The van der Waals surface area contributed by atoms with E-state index in [1.54, 1.807) is 17.0 Å². The molecule has 1 saturated carbocycles. The van der Waals surface area contributed by atoms with Crippen LogP contribution in [0.15, 0.2) is 60.7 Å². The topological polar surface area (TPSA) is 79.3 Å². The van der Waals surface area contributed by atoms with Crippen LogP contribution in [-0.4, -0.2) is 70.7 Å². The second kappa shape index (κ2) is 11.1. The van der Waals surface area contributed by atoms with Crippen molar-refractivity contribution in [3.63, 3.8) is 0 Å². The fourth-order valence-corrected chi connectivity index (χ4v) is 8.87. The maximum absolute atomic E-state index is 13.7. The highest BCUT2D eigenvalue weighted by Gasteiger charge is 2.73. The second-order valence-electron chi connectivity index (χ2n) is 12.7. The molecule has 2 aliphatic heterocycles. The van der Waals surface area contributed by atoms with Crippen molar-refractivity contribution in [3.8, 4) is 11.5 Å². The molecule has 9 heteroatoms. The van der Waals surface area contributed by atoms with Crippen LogP contribution in [0, 0.1) is 0 Å². The molecule has 5 atom stereocenters. The quantitative estimate of drug-likeness (QED) is 0.278. The van der Waals surface area contributed by atoms with Crippen molar-refractivity contribution in [1.29, 1.82) is 0 Å². The number of benzene rings is 3. The minimum atomic E-state index is -1.07. The first-order valence-electron chi connectivity index (χ1n) is 15.3. The fourth-order valence-electron chi connectivity index (χ4n) is 8.55. The first-order chi connectivity index (χ1) is 21.1. The number of aliphatic hydroxyl groups is 1. The standard InChI is InChI=1S/C35H36Cl2N2O5/c1-21(40)43-28-11-9-24-20-29-35(42)14-12-27(38(2)30(41)19-23-8-10-25(36)26(37)18-23)33-34(35,31(24)32(28)44-33)15-17-39(29)16-13-22-6-4-3-5-7-22/h3-11,18,27,29,33,42H,12-17,19-20H2,1-2H3/t27-,29-,33+,34+,35-/m1/s1. The van der Waals surface area contributed by atoms with Crippen molar-refractivity contribution in [3.05, 3.63) is 93.0 Å². The molecule has 7 nitrogen and oxygen atoms in total. The molecule has 1 spiro atoms. The maximum atomic E-state index is 13.7. The maximum Gasteiger partial charge on any atom is 0.308 e. The average molecular weight is 636 g/mol. The number of ether oxygens (including phenoxy) is 2. The van der Waals surface area contributed by atoms with Crippen LogP contribution >= 0.6 is 23.2 Å². The predicted octanol–water partition coefficient (Wildman–Crippen LogP) is 5.39. The molecule has 3 aromatic rings. The van der Waals surface area contributed by atoms with E-state index < -0.39 is 23.1 Å². The zero-order chi connectivity index (χ0) is 30.8. The number of likely N-dealkylation sites (N-methyl/N-ethyl adjacent to an activating group) is 1. The Morgan fingerprint density at radius 1 is 1.07 bits per heavy atom. The SMILES string of the molecule is CC(=O)Oc1ccc2c3c1O[C@H]1[C@H](N(C)C(=O)Cc4ccc(Cl)c(Cl)c4)CC[C@@]4(O)[C@@H](C2)N(CCc2ccccc2)CC[C@]314. The van der Waals surface area contributed by atoms with Crippen LogP contribution in [0.2, 0.25) is 10.0 Å². The number of hydrogen-bond acceptors (Lipinski definition) is 6. The summed E-state index contributed by atoms with van der Waals surface area (Å²) in [6.07, 6.45) is 3.05. The molecule has 4 aliphatic rings. The third kappa shape index (κ3) is 4.54. The molecule has 0 radical (unpaired) electrons. The number of hydrogen-bond donors (Lipinski definition) is 1. The summed E-state index contributed by atoms with van der Waals surface area (Å²) in [5.74, 6) is 0.413. The normalized spacial score (nSPS) is 28.2. The van der Waals surface area contributed by atoms with E-state index in [1.807, 2.05) is 31.3 Å². The van der Waals surface area contributed by atoms with Crippen molar-refractivity contribution in [2.24, 2.45) is 0 Å². The number of carbonyl (C=O) groups excluding carboxylic acids is 2. The zero-order valence-electron chi connectivity index (χ0n) is 24.9. The Labute approximate surface area is 267 Å². The van der Waals surface area contributed by atoms with E-state index in [1.165, 1.54) is 12.5 Å². The van der Waals surface area contributed by atoms with E-state index in [4.69, 9.17) is 32.7 Å². The van der Waals surface area contributed by atoms with E-state index in [0.29, 0.717) is 47.2 Å². The lowest BCUT2D eigenvalue weighted by Gasteiger charge is -2.64. The minimum Gasteiger partial charge on any atom is -0.483 e. The Morgan fingerprint density at radius 2 is 1.86 bits per heavy atom. The molecule has 1 N–H and O–H groups in total. The number of nitrogens with zero attached hydrogens (tertiary/aromatic N) is 2. The first-order valence-corrected chi connectivity index (χ1v) is 16.1. The highest BCUT2D eigenvalue weighted by Crippen LogP contribution is 2.66. The molecule has 2 aliphatic carbocycles. The molecule has 0 unspecified atom stereocenters. The van der Waals surface area contributed by atoms with Crippen molar-refractivity contribution in [2.75, 3.05) is 20.1 Å². The summed E-state index contributed by atoms with van der Waals surface area (Å²) < 4.78 is 12.5. The van der Waals surface area contributed by atoms with Crippen LogP contribution < -0.4 is 9.47 Å². The zero-order valence-corrected chi connectivity index (χ0v) is 26.4. The molecule has 44 heavy (non-hydrogen) atoms. The van der Waals surface area contributed by atoms with Gasteiger partial charge in [-0.15, -0.1) is 0 Å². The van der Waals surface area contributed by atoms with E-state index >= 15 is 0 Å². The van der Waals surface area contributed by atoms with Gasteiger partial charge < -0.3 is 19.5 Å². The summed E-state index contributed by atoms with van der Waals surface area (Å²) in [6, 6.07) is 19.2. The number of halogens is 2. The molecular weight excluding hydrogens is 599 g/mol. The van der Waals surface area contributed by atoms with Crippen molar-refractivity contribution >= 4 is 35.1 Å². The predicted molar refractivity (Wildman–Crippen MR) is 169 cm³/mol. The van der Waals surface area contributed by atoms with Gasteiger partial charge in [0.05, 0.1) is 33.5 Å². The monoisotopic (exact) mass is 634 g/mol. The lowest BCUT2D eigenvalue weighted by atomic mass is 9.48. The summed E-state index contributed by atoms with van der Waals surface area (Å²) in [5, 5.41) is 13.8. The summed E-state index contributed by atoms with van der Waals surface area (Å²) >= 11 is 12.3. The van der Waals surface area contributed by atoms with Crippen LogP contribution in [0.3, 0.4) is 0 Å². The average Bonchev–Trinajstić information content (AvgIpc) is 3.35. The van der Waals surface area contributed by atoms with E-state index in [-0.39, 0.29) is 24.4 Å². The fraction of sp³-hybridized carbons (Fsp3) is 0.429. The molecule has 3 aromatic carbocycles. The van der Waals surface area contributed by atoms with Gasteiger partial charge in [-0.1, -0.05) is 65.7 Å². The van der Waals surface area contributed by atoms with Crippen LogP contribution in [0.1, 0.15) is 48.4 Å². The third-order valence-corrected chi connectivity index (χ3v) is 11.3. The Balaban J connectivity index is 1.24. The van der Waals surface area contributed by atoms with Crippen molar-refractivity contribution in [2.45, 2.75) is 74.7 Å². The van der Waals surface area contributed by atoms with Gasteiger partial charge in [-0.2, -0.15) is 0 Å². The van der Waals surface area contributed by atoms with Gasteiger partial charge in [0.25, 0.3) is 0 Å². The largest absolute Gasteiger partial charge is 0.483 e. The lowest BCUT2D eigenvalue weighted by molar-refractivity contribution is -0.200.